The van der Waals surface area contributed by atoms with Gasteiger partial charge in [0.1, 0.15) is 24.6 Å². The fraction of sp³-hybridized carbons (Fsp3) is 0.296. The van der Waals surface area contributed by atoms with Gasteiger partial charge in [-0.1, -0.05) is 48.5 Å². The van der Waals surface area contributed by atoms with Crippen molar-refractivity contribution < 1.29 is 32.2 Å². The van der Waals surface area contributed by atoms with E-state index in [0.717, 1.165) is 16.8 Å². The smallest absolute Gasteiger partial charge is 0.343 e. The predicted octanol–water partition coefficient (Wildman–Crippen LogP) is 1.25. The number of benzene rings is 2. The van der Waals surface area contributed by atoms with E-state index in [2.05, 4.69) is 30.4 Å². The summed E-state index contributed by atoms with van der Waals surface area (Å²) in [5.41, 5.74) is 7.08. The van der Waals surface area contributed by atoms with Crippen molar-refractivity contribution in [3.05, 3.63) is 78.9 Å². The second kappa shape index (κ2) is 12.1. The number of urea groups is 2. The van der Waals surface area contributed by atoms with Crippen LogP contribution in [0.1, 0.15) is 11.8 Å². The van der Waals surface area contributed by atoms with Crippen LogP contribution in [-0.4, -0.2) is 77.4 Å². The van der Waals surface area contributed by atoms with Gasteiger partial charge in [-0.25, -0.2) is 33.0 Å². The van der Waals surface area contributed by atoms with Gasteiger partial charge in [0, 0.05) is 18.7 Å². The third-order valence-corrected chi connectivity index (χ3v) is 7.45. The van der Waals surface area contributed by atoms with Crippen molar-refractivity contribution in [2.45, 2.75) is 37.3 Å². The summed E-state index contributed by atoms with van der Waals surface area (Å²) >= 11 is 0. The van der Waals surface area contributed by atoms with Gasteiger partial charge in [0.15, 0.2) is 29.5 Å². The number of nitrogens with one attached hydrogen (secondary N) is 3. The number of hydrazine groups is 1. The van der Waals surface area contributed by atoms with Crippen LogP contribution >= 0.6 is 0 Å². The zero-order valence-corrected chi connectivity index (χ0v) is 24.1. The van der Waals surface area contributed by atoms with E-state index < -0.39 is 52.9 Å². The first kappa shape index (κ1) is 29.4. The van der Waals surface area contributed by atoms with Crippen molar-refractivity contribution in [3.63, 3.8) is 0 Å². The normalized spacial score (nSPS) is 22.9. The lowest BCUT2D eigenvalue weighted by Crippen LogP contribution is -2.48. The van der Waals surface area contributed by atoms with Gasteiger partial charge in [-0.05, 0) is 17.7 Å². The minimum Gasteiger partial charge on any atom is -0.352 e. The molecule has 0 bridgehead atoms. The number of aromatic nitrogens is 4. The first-order valence-corrected chi connectivity index (χ1v) is 15.4. The van der Waals surface area contributed by atoms with Gasteiger partial charge in [-0.3, -0.25) is 4.57 Å². The SMILES string of the molecule is CS(=O)(=O)NN(C(=O)Nc1ccccc1)c1ncnc2c1ncn2C1OC(CNC(N)=O)C2OC(Cc3ccccc3)OC21. The molecule has 17 heteroatoms. The average molecular weight is 624 g/mol. The number of amides is 4. The molecule has 5 N–H and O–H groups in total. The average Bonchev–Trinajstić information content (AvgIpc) is 3.69. The van der Waals surface area contributed by atoms with Crippen molar-refractivity contribution in [1.29, 1.82) is 0 Å². The predicted molar refractivity (Wildman–Crippen MR) is 156 cm³/mol. The Morgan fingerprint density at radius 2 is 1.68 bits per heavy atom. The second-order valence-corrected chi connectivity index (χ2v) is 11.9. The Morgan fingerprint density at radius 1 is 0.977 bits per heavy atom. The molecule has 2 saturated heterocycles. The fourth-order valence-corrected chi connectivity index (χ4v) is 5.63. The van der Waals surface area contributed by atoms with Gasteiger partial charge in [0.25, 0.3) is 0 Å². The van der Waals surface area contributed by atoms with Crippen LogP contribution in [-0.2, 0) is 30.7 Å². The van der Waals surface area contributed by atoms with Gasteiger partial charge < -0.3 is 30.6 Å². The molecule has 0 spiro atoms. The van der Waals surface area contributed by atoms with E-state index in [0.29, 0.717) is 12.1 Å². The lowest BCUT2D eigenvalue weighted by atomic mass is 10.1. The molecule has 0 radical (unpaired) electrons. The molecular formula is C27H29N9O7S. The summed E-state index contributed by atoms with van der Waals surface area (Å²) in [7, 11) is -3.94. The highest BCUT2D eigenvalue weighted by atomic mass is 32.2. The van der Waals surface area contributed by atoms with Crippen LogP contribution in [0.3, 0.4) is 0 Å². The molecule has 4 aromatic rings. The highest BCUT2D eigenvalue weighted by Gasteiger charge is 2.53. The van der Waals surface area contributed by atoms with Crippen LogP contribution in [0, 0.1) is 0 Å². The summed E-state index contributed by atoms with van der Waals surface area (Å²) in [6, 6.07) is 16.6. The highest BCUT2D eigenvalue weighted by Crippen LogP contribution is 2.41. The van der Waals surface area contributed by atoms with E-state index in [1.807, 2.05) is 30.3 Å². The molecule has 2 aliphatic heterocycles. The molecule has 230 valence electrons. The Morgan fingerprint density at radius 3 is 2.39 bits per heavy atom. The molecule has 2 aromatic carbocycles. The van der Waals surface area contributed by atoms with Crippen LogP contribution in [0.5, 0.6) is 0 Å². The van der Waals surface area contributed by atoms with Crippen LogP contribution in [0.2, 0.25) is 0 Å². The van der Waals surface area contributed by atoms with E-state index in [1.165, 1.54) is 12.7 Å². The molecule has 0 aliphatic carbocycles. The van der Waals surface area contributed by atoms with Crippen LogP contribution in [0.4, 0.5) is 21.1 Å². The highest BCUT2D eigenvalue weighted by molar-refractivity contribution is 7.88. The van der Waals surface area contributed by atoms with E-state index in [1.54, 1.807) is 34.9 Å². The number of rotatable bonds is 9. The number of anilines is 2. The lowest BCUT2D eigenvalue weighted by Gasteiger charge is -2.22. The molecule has 2 aliphatic rings. The molecular weight excluding hydrogens is 594 g/mol. The monoisotopic (exact) mass is 623 g/mol. The molecule has 16 nitrogen and oxygen atoms in total. The maximum Gasteiger partial charge on any atom is 0.343 e. The van der Waals surface area contributed by atoms with Gasteiger partial charge in [0.2, 0.25) is 10.0 Å². The number of ether oxygens (including phenoxy) is 3. The number of sulfonamides is 1. The number of para-hydroxylation sites is 1. The molecule has 2 fully saturated rings. The fourth-order valence-electron chi connectivity index (χ4n) is 5.13. The van der Waals surface area contributed by atoms with Crippen molar-refractivity contribution in [2.75, 3.05) is 23.1 Å². The Labute approximate surface area is 251 Å². The third kappa shape index (κ3) is 6.31. The van der Waals surface area contributed by atoms with Crippen molar-refractivity contribution in [1.82, 2.24) is 29.7 Å². The van der Waals surface area contributed by atoms with E-state index in [-0.39, 0.29) is 23.5 Å². The number of hydrogen-bond acceptors (Lipinski definition) is 10. The van der Waals surface area contributed by atoms with Crippen molar-refractivity contribution in [2.24, 2.45) is 5.73 Å². The number of nitrogens with zero attached hydrogens (tertiary/aromatic N) is 5. The van der Waals surface area contributed by atoms with Gasteiger partial charge in [-0.15, -0.1) is 4.83 Å². The van der Waals surface area contributed by atoms with Crippen LogP contribution < -0.4 is 26.2 Å². The van der Waals surface area contributed by atoms with Gasteiger partial charge in [0.05, 0.1) is 12.6 Å². The molecule has 5 atom stereocenters. The number of fused-ring (bicyclic) bond motifs is 2. The van der Waals surface area contributed by atoms with E-state index >= 15 is 0 Å². The molecule has 4 amide bonds. The maximum atomic E-state index is 13.3. The van der Waals surface area contributed by atoms with E-state index in [4.69, 9.17) is 19.9 Å². The summed E-state index contributed by atoms with van der Waals surface area (Å²) in [5.74, 6) is -0.125. The summed E-state index contributed by atoms with van der Waals surface area (Å²) in [5, 5.41) is 5.93. The Bertz CT molecular complexity index is 1760. The number of carbonyl (C=O) groups is 2. The molecule has 5 unspecified atom stereocenters. The van der Waals surface area contributed by atoms with Gasteiger partial charge in [-0.2, -0.15) is 5.01 Å². The first-order chi connectivity index (χ1) is 21.2. The van der Waals surface area contributed by atoms with Crippen LogP contribution in [0.15, 0.2) is 73.3 Å². The van der Waals surface area contributed by atoms with Crippen molar-refractivity contribution >= 4 is 44.8 Å². The Balaban J connectivity index is 1.32. The minimum atomic E-state index is -3.94. The quantitative estimate of drug-likeness (QED) is 0.196. The minimum absolute atomic E-state index is 0.0625. The number of primary amides is 1. The summed E-state index contributed by atoms with van der Waals surface area (Å²) in [4.78, 5) is 39.9. The zero-order valence-electron chi connectivity index (χ0n) is 23.3. The number of nitrogens with two attached hydrogens (primary N) is 1. The van der Waals surface area contributed by atoms with E-state index in [9.17, 15) is 18.0 Å². The number of carbonyl (C=O) groups excluding carboxylic acids is 2. The first-order valence-electron chi connectivity index (χ1n) is 13.5. The topological polar surface area (TPSA) is 205 Å². The van der Waals surface area contributed by atoms with Crippen molar-refractivity contribution in [3.8, 4) is 0 Å². The summed E-state index contributed by atoms with van der Waals surface area (Å²) < 4.78 is 44.9. The number of imidazole rings is 1. The third-order valence-electron chi connectivity index (χ3n) is 6.94. The largest absolute Gasteiger partial charge is 0.352 e. The molecule has 2 aromatic heterocycles. The molecule has 4 heterocycles. The number of hydrogen-bond donors (Lipinski definition) is 4. The summed E-state index contributed by atoms with van der Waals surface area (Å²) in [6.07, 6.45) is 0.747. The molecule has 6 rings (SSSR count). The van der Waals surface area contributed by atoms with Crippen LogP contribution in [0.25, 0.3) is 11.2 Å². The second-order valence-electron chi connectivity index (χ2n) is 10.1. The zero-order chi connectivity index (χ0) is 30.8. The standard InChI is InChI=1S/C27H29N9O7S/c1-44(39,40)34-36(27(38)33-17-10-6-3-7-11-17)24-20-23(30-14-31-24)35(15-32-20)25-22-21(18(41-25)13-29-26(28)37)42-19(43-22)12-16-8-4-2-5-9-16/h2-11,14-15,18-19,21-22,25,34H,12-13H2,1H3,(H,33,38)(H3,28,29,37). The Hall–Kier alpha value is -4.68. The summed E-state index contributed by atoms with van der Waals surface area (Å²) in [6.45, 7) is 0.0625. The van der Waals surface area contributed by atoms with Gasteiger partial charge >= 0.3 is 12.1 Å². The molecule has 0 saturated carbocycles. The Kier molecular flexibility index (Phi) is 8.11. The molecule has 44 heavy (non-hydrogen) atoms. The maximum absolute atomic E-state index is 13.3. The lowest BCUT2D eigenvalue weighted by molar-refractivity contribution is -0.142.